The molecule has 1 aliphatic carbocycles. The second-order valence-electron chi connectivity index (χ2n) is 7.06. The molecule has 4 nitrogen and oxygen atoms in total. The van der Waals surface area contributed by atoms with Crippen molar-refractivity contribution in [3.8, 4) is 5.75 Å². The van der Waals surface area contributed by atoms with E-state index in [4.69, 9.17) is 10.5 Å². The summed E-state index contributed by atoms with van der Waals surface area (Å²) in [4.78, 5) is 12.2. The summed E-state index contributed by atoms with van der Waals surface area (Å²) in [6.45, 7) is 4.62. The number of nitrogens with one attached hydrogen (secondary N) is 1. The van der Waals surface area contributed by atoms with Gasteiger partial charge in [-0.2, -0.15) is 0 Å². The lowest BCUT2D eigenvalue weighted by Gasteiger charge is -2.38. The van der Waals surface area contributed by atoms with E-state index < -0.39 is 6.04 Å². The number of nitrogens with two attached hydrogens (primary N) is 1. The first-order valence-electron chi connectivity index (χ1n) is 8.66. The van der Waals surface area contributed by atoms with Crippen LogP contribution in [0.5, 0.6) is 5.75 Å². The maximum atomic E-state index is 12.2. The number of hydrogen-bond acceptors (Lipinski definition) is 3. The van der Waals surface area contributed by atoms with Gasteiger partial charge in [0.1, 0.15) is 5.75 Å². The molecule has 0 radical (unpaired) electrons. The first-order chi connectivity index (χ1) is 11.0. The molecule has 1 aromatic rings. The zero-order valence-corrected chi connectivity index (χ0v) is 14.6. The number of rotatable bonds is 6. The van der Waals surface area contributed by atoms with Crippen LogP contribution in [-0.4, -0.2) is 25.6 Å². The van der Waals surface area contributed by atoms with Gasteiger partial charge in [-0.15, -0.1) is 0 Å². The summed E-state index contributed by atoms with van der Waals surface area (Å²) in [5.74, 6) is 0.974. The lowest BCUT2D eigenvalue weighted by atomic mass is 9.69. The Labute approximate surface area is 139 Å². The molecule has 0 heterocycles. The number of methoxy groups -OCH3 is 1. The highest BCUT2D eigenvalue weighted by Gasteiger charge is 2.34. The molecule has 1 aliphatic rings. The highest BCUT2D eigenvalue weighted by Crippen LogP contribution is 2.39. The predicted octanol–water partition coefficient (Wildman–Crippen LogP) is 3.00. The molecule has 1 amide bonds. The van der Waals surface area contributed by atoms with Gasteiger partial charge in [0, 0.05) is 12.0 Å². The molecule has 0 aromatic heterocycles. The molecule has 128 valence electrons. The van der Waals surface area contributed by atoms with E-state index in [9.17, 15) is 4.79 Å². The fourth-order valence-corrected chi connectivity index (χ4v) is 3.42. The van der Waals surface area contributed by atoms with Crippen molar-refractivity contribution in [2.75, 3.05) is 13.7 Å². The van der Waals surface area contributed by atoms with Crippen LogP contribution < -0.4 is 15.8 Å². The van der Waals surface area contributed by atoms with Gasteiger partial charge in [-0.1, -0.05) is 45.2 Å². The van der Waals surface area contributed by atoms with Crippen LogP contribution in [0.3, 0.4) is 0 Å². The fourth-order valence-electron chi connectivity index (χ4n) is 3.42. The van der Waals surface area contributed by atoms with Crippen LogP contribution >= 0.6 is 0 Å². The molecule has 0 saturated heterocycles. The Hall–Kier alpha value is -1.55. The standard InChI is InChI=1S/C19H30N2O2/c1-14(2)17(20)18(22)21-13-19(11-5-4-6-12-19)15-7-9-16(23-3)10-8-15/h7-10,14,17H,4-6,11-13,20H2,1-3H3,(H,21,22)/t17-/m0/s1. The van der Waals surface area contributed by atoms with Gasteiger partial charge in [0.25, 0.3) is 0 Å². The number of amides is 1. The molecule has 1 aromatic carbocycles. The Balaban J connectivity index is 2.13. The van der Waals surface area contributed by atoms with E-state index in [1.165, 1.54) is 24.8 Å². The van der Waals surface area contributed by atoms with Crippen LogP contribution in [0.25, 0.3) is 0 Å². The highest BCUT2D eigenvalue weighted by molar-refractivity contribution is 5.81. The monoisotopic (exact) mass is 318 g/mol. The molecular weight excluding hydrogens is 288 g/mol. The van der Waals surface area contributed by atoms with Crippen molar-refractivity contribution < 1.29 is 9.53 Å². The van der Waals surface area contributed by atoms with Crippen molar-refractivity contribution in [3.05, 3.63) is 29.8 Å². The third-order valence-electron chi connectivity index (χ3n) is 5.14. The van der Waals surface area contributed by atoms with Crippen LogP contribution in [0.1, 0.15) is 51.5 Å². The van der Waals surface area contributed by atoms with E-state index in [1.54, 1.807) is 7.11 Å². The molecule has 0 aliphatic heterocycles. The molecule has 1 fully saturated rings. The van der Waals surface area contributed by atoms with Gasteiger partial charge < -0.3 is 15.8 Å². The topological polar surface area (TPSA) is 64.3 Å². The Bertz CT molecular complexity index is 505. The van der Waals surface area contributed by atoms with Crippen molar-refractivity contribution in [3.63, 3.8) is 0 Å². The second kappa shape index (κ2) is 7.82. The summed E-state index contributed by atoms with van der Waals surface area (Å²) < 4.78 is 5.26. The maximum absolute atomic E-state index is 12.2. The minimum absolute atomic E-state index is 0.0247. The third-order valence-corrected chi connectivity index (χ3v) is 5.14. The van der Waals surface area contributed by atoms with Crippen molar-refractivity contribution in [2.24, 2.45) is 11.7 Å². The van der Waals surface area contributed by atoms with Gasteiger partial charge in [0.05, 0.1) is 13.2 Å². The minimum atomic E-state index is -0.438. The normalized spacial score (nSPS) is 18.5. The van der Waals surface area contributed by atoms with E-state index in [-0.39, 0.29) is 17.2 Å². The summed E-state index contributed by atoms with van der Waals surface area (Å²) in [6, 6.07) is 7.85. The van der Waals surface area contributed by atoms with Gasteiger partial charge in [0.15, 0.2) is 0 Å². The van der Waals surface area contributed by atoms with E-state index in [2.05, 4.69) is 17.4 Å². The van der Waals surface area contributed by atoms with E-state index in [1.807, 2.05) is 26.0 Å². The average Bonchev–Trinajstić information content (AvgIpc) is 2.59. The molecule has 0 bridgehead atoms. The number of carbonyl (C=O) groups excluding carboxylic acids is 1. The van der Waals surface area contributed by atoms with Crippen molar-refractivity contribution in [2.45, 2.75) is 57.4 Å². The quantitative estimate of drug-likeness (QED) is 0.847. The van der Waals surface area contributed by atoms with Crippen LogP contribution in [0, 0.1) is 5.92 Å². The molecular formula is C19H30N2O2. The molecule has 4 heteroatoms. The van der Waals surface area contributed by atoms with Crippen LogP contribution in [0.2, 0.25) is 0 Å². The molecule has 1 saturated carbocycles. The summed E-state index contributed by atoms with van der Waals surface area (Å²) in [5.41, 5.74) is 7.28. The molecule has 23 heavy (non-hydrogen) atoms. The van der Waals surface area contributed by atoms with E-state index >= 15 is 0 Å². The first kappa shape index (κ1) is 17.8. The van der Waals surface area contributed by atoms with Gasteiger partial charge >= 0.3 is 0 Å². The summed E-state index contributed by atoms with van der Waals surface area (Å²) in [5, 5.41) is 3.11. The van der Waals surface area contributed by atoms with Gasteiger partial charge in [-0.05, 0) is 36.5 Å². The first-order valence-corrected chi connectivity index (χ1v) is 8.66. The van der Waals surface area contributed by atoms with Crippen molar-refractivity contribution in [1.82, 2.24) is 5.32 Å². The van der Waals surface area contributed by atoms with Crippen molar-refractivity contribution >= 4 is 5.91 Å². The smallest absolute Gasteiger partial charge is 0.237 e. The van der Waals surface area contributed by atoms with Crippen molar-refractivity contribution in [1.29, 1.82) is 0 Å². The van der Waals surface area contributed by atoms with Gasteiger partial charge in [0.2, 0.25) is 5.91 Å². The summed E-state index contributed by atoms with van der Waals surface area (Å²) >= 11 is 0. The Morgan fingerprint density at radius 2 is 1.83 bits per heavy atom. The SMILES string of the molecule is COc1ccc(C2(CNC(=O)[C@@H](N)C(C)C)CCCCC2)cc1. The van der Waals surface area contributed by atoms with E-state index in [0.29, 0.717) is 6.54 Å². The zero-order valence-electron chi connectivity index (χ0n) is 14.6. The lowest BCUT2D eigenvalue weighted by molar-refractivity contribution is -0.123. The van der Waals surface area contributed by atoms with Crippen LogP contribution in [-0.2, 0) is 10.2 Å². The lowest BCUT2D eigenvalue weighted by Crippen LogP contribution is -2.49. The van der Waals surface area contributed by atoms with Crippen LogP contribution in [0.15, 0.2) is 24.3 Å². The Morgan fingerprint density at radius 1 is 1.22 bits per heavy atom. The average molecular weight is 318 g/mol. The Morgan fingerprint density at radius 3 is 2.35 bits per heavy atom. The minimum Gasteiger partial charge on any atom is -0.497 e. The molecule has 1 atom stereocenters. The number of carbonyl (C=O) groups is 1. The number of benzene rings is 1. The predicted molar refractivity (Wildman–Crippen MR) is 93.6 cm³/mol. The van der Waals surface area contributed by atoms with E-state index in [0.717, 1.165) is 18.6 Å². The fraction of sp³-hybridized carbons (Fsp3) is 0.632. The maximum Gasteiger partial charge on any atom is 0.237 e. The molecule has 3 N–H and O–H groups in total. The molecule has 2 rings (SSSR count). The van der Waals surface area contributed by atoms with Gasteiger partial charge in [-0.25, -0.2) is 0 Å². The third kappa shape index (κ3) is 4.25. The molecule has 0 spiro atoms. The van der Waals surface area contributed by atoms with Gasteiger partial charge in [-0.3, -0.25) is 4.79 Å². The largest absolute Gasteiger partial charge is 0.497 e. The molecule has 0 unspecified atom stereocenters. The summed E-state index contributed by atoms with van der Waals surface area (Å²) in [6.07, 6.45) is 5.90. The number of hydrogen-bond donors (Lipinski definition) is 2. The Kier molecular flexibility index (Phi) is 6.05. The highest BCUT2D eigenvalue weighted by atomic mass is 16.5. The van der Waals surface area contributed by atoms with Crippen LogP contribution in [0.4, 0.5) is 0 Å². The summed E-state index contributed by atoms with van der Waals surface area (Å²) in [7, 11) is 1.68. The number of ether oxygens (including phenoxy) is 1. The zero-order chi connectivity index (χ0) is 16.9. The second-order valence-corrected chi connectivity index (χ2v) is 7.06.